The van der Waals surface area contributed by atoms with Crippen molar-refractivity contribution in [3.05, 3.63) is 100 Å². The van der Waals surface area contributed by atoms with Gasteiger partial charge in [-0.3, -0.25) is 0 Å². The van der Waals surface area contributed by atoms with E-state index in [1.807, 2.05) is 23.9 Å². The molecule has 26 heavy (non-hydrogen) atoms. The van der Waals surface area contributed by atoms with Gasteiger partial charge in [-0.05, 0) is 17.7 Å². The van der Waals surface area contributed by atoms with Crippen LogP contribution in [0.3, 0.4) is 0 Å². The Morgan fingerprint density at radius 1 is 0.962 bits per heavy atom. The predicted molar refractivity (Wildman–Crippen MR) is 93.8 cm³/mol. The Bertz CT molecular complexity index is 1020. The van der Waals surface area contributed by atoms with E-state index in [4.69, 9.17) is 8.83 Å². The lowest BCUT2D eigenvalue weighted by molar-refractivity contribution is -0.727. The van der Waals surface area contributed by atoms with E-state index in [0.29, 0.717) is 6.04 Å². The molecule has 1 aliphatic carbocycles. The molecule has 2 atom stereocenters. The SMILES string of the molecule is [Cl-].c1ccc2c(c1)[C@H]1c3scc[n+]3[C@@H]2CC1(c1ccoc1)c1ccoc1. The summed E-state index contributed by atoms with van der Waals surface area (Å²) in [6, 6.07) is 13.5. The summed E-state index contributed by atoms with van der Waals surface area (Å²) < 4.78 is 13.5. The van der Waals surface area contributed by atoms with Crippen LogP contribution in [0, 0.1) is 0 Å². The summed E-state index contributed by atoms with van der Waals surface area (Å²) in [5.41, 5.74) is 5.20. The van der Waals surface area contributed by atoms with Crippen molar-refractivity contribution < 1.29 is 25.8 Å². The summed E-state index contributed by atoms with van der Waals surface area (Å²) in [6.45, 7) is 0. The Labute approximate surface area is 161 Å². The van der Waals surface area contributed by atoms with E-state index in [9.17, 15) is 0 Å². The van der Waals surface area contributed by atoms with Crippen molar-refractivity contribution in [2.45, 2.75) is 23.8 Å². The lowest BCUT2D eigenvalue weighted by Gasteiger charge is -2.47. The first-order valence-corrected chi connectivity index (χ1v) is 9.40. The van der Waals surface area contributed by atoms with Gasteiger partial charge in [-0.15, -0.1) is 0 Å². The van der Waals surface area contributed by atoms with E-state index in [1.54, 1.807) is 12.5 Å². The zero-order valence-electron chi connectivity index (χ0n) is 13.8. The molecule has 4 aromatic rings. The summed E-state index contributed by atoms with van der Waals surface area (Å²) in [4.78, 5) is 0. The molecule has 0 fully saturated rings. The number of hydrogen-bond acceptors (Lipinski definition) is 3. The fourth-order valence-corrected chi connectivity index (χ4v) is 6.12. The Balaban J connectivity index is 0.00000150. The molecule has 0 saturated carbocycles. The largest absolute Gasteiger partial charge is 1.00 e. The molecule has 7 rings (SSSR count). The van der Waals surface area contributed by atoms with Crippen LogP contribution in [0.4, 0.5) is 0 Å². The van der Waals surface area contributed by atoms with E-state index >= 15 is 0 Å². The lowest BCUT2D eigenvalue weighted by atomic mass is 9.55. The molecule has 1 aromatic carbocycles. The van der Waals surface area contributed by atoms with Gasteiger partial charge in [0.1, 0.15) is 0 Å². The molecular weight excluding hydrogens is 366 g/mol. The highest BCUT2D eigenvalue weighted by atomic mass is 35.5. The maximum Gasteiger partial charge on any atom is 0.246 e. The average Bonchev–Trinajstić information content (AvgIpc) is 3.44. The maximum absolute atomic E-state index is 5.52. The van der Waals surface area contributed by atoms with E-state index in [2.05, 4.69) is 52.5 Å². The molecule has 5 heterocycles. The highest BCUT2D eigenvalue weighted by Crippen LogP contribution is 2.60. The third-order valence-corrected chi connectivity index (χ3v) is 6.94. The summed E-state index contributed by atoms with van der Waals surface area (Å²) in [7, 11) is 0. The molecule has 0 N–H and O–H groups in total. The minimum absolute atomic E-state index is 0. The standard InChI is InChI=1S/C21H16NO2S.ClH/c1-2-4-17-16(3-1)18-11-21(14-5-8-23-12-14,15-6-9-24-13-15)19(17)20-22(18)7-10-25-20;/h1-10,12-13,18-19H,11H2;1H/q+1;/p-1/t18-,19+;/m1./s1. The second-order valence-electron chi connectivity index (χ2n) is 6.93. The van der Waals surface area contributed by atoms with Gasteiger partial charge in [-0.2, -0.15) is 4.57 Å². The van der Waals surface area contributed by atoms with Crippen molar-refractivity contribution in [3.63, 3.8) is 0 Å². The van der Waals surface area contributed by atoms with Crippen molar-refractivity contribution in [1.29, 1.82) is 0 Å². The van der Waals surface area contributed by atoms with Crippen LogP contribution < -0.4 is 17.0 Å². The normalized spacial score (nSPS) is 21.7. The number of benzene rings is 1. The summed E-state index contributed by atoms with van der Waals surface area (Å²) in [5, 5.41) is 3.62. The van der Waals surface area contributed by atoms with Crippen molar-refractivity contribution in [1.82, 2.24) is 0 Å². The van der Waals surface area contributed by atoms with Gasteiger partial charge in [0.15, 0.2) is 12.2 Å². The van der Waals surface area contributed by atoms with E-state index in [-0.39, 0.29) is 23.7 Å². The van der Waals surface area contributed by atoms with Crippen LogP contribution in [0.5, 0.6) is 0 Å². The summed E-state index contributed by atoms with van der Waals surface area (Å²) in [5.74, 6) is 0.267. The number of aromatic nitrogens is 1. The fraction of sp³-hybridized carbons (Fsp3) is 0.190. The van der Waals surface area contributed by atoms with Crippen LogP contribution >= 0.6 is 11.3 Å². The van der Waals surface area contributed by atoms with E-state index < -0.39 is 0 Å². The molecule has 3 nitrogen and oxygen atoms in total. The number of furan rings is 2. The minimum Gasteiger partial charge on any atom is -1.00 e. The predicted octanol–water partition coefficient (Wildman–Crippen LogP) is 1.65. The number of halogens is 1. The van der Waals surface area contributed by atoms with E-state index in [0.717, 1.165) is 6.42 Å². The van der Waals surface area contributed by atoms with Crippen molar-refractivity contribution in [2.75, 3.05) is 0 Å². The van der Waals surface area contributed by atoms with Crippen molar-refractivity contribution >= 4 is 11.3 Å². The Morgan fingerprint density at radius 3 is 2.31 bits per heavy atom. The smallest absolute Gasteiger partial charge is 0.246 e. The van der Waals surface area contributed by atoms with Gasteiger partial charge in [0, 0.05) is 23.1 Å². The number of fused-ring (bicyclic) bond motifs is 1. The highest BCUT2D eigenvalue weighted by Gasteiger charge is 2.60. The first-order chi connectivity index (χ1) is 12.4. The summed E-state index contributed by atoms with van der Waals surface area (Å²) in [6.07, 6.45) is 10.6. The monoisotopic (exact) mass is 381 g/mol. The van der Waals surface area contributed by atoms with Gasteiger partial charge in [0.05, 0.1) is 41.8 Å². The molecule has 0 radical (unpaired) electrons. The second kappa shape index (κ2) is 5.60. The molecule has 3 aliphatic rings. The number of thiazole rings is 1. The first-order valence-electron chi connectivity index (χ1n) is 8.52. The number of rotatable bonds is 2. The quantitative estimate of drug-likeness (QED) is 0.494. The van der Waals surface area contributed by atoms with Gasteiger partial charge in [0.25, 0.3) is 0 Å². The molecule has 130 valence electrons. The molecule has 3 aromatic heterocycles. The third-order valence-electron chi connectivity index (χ3n) is 5.99. The first kappa shape index (κ1) is 15.9. The molecule has 0 spiro atoms. The van der Waals surface area contributed by atoms with Gasteiger partial charge in [-0.1, -0.05) is 35.6 Å². The fourth-order valence-electron chi connectivity index (χ4n) is 5.01. The minimum atomic E-state index is -0.149. The topological polar surface area (TPSA) is 30.2 Å². The second-order valence-corrected chi connectivity index (χ2v) is 7.85. The molecule has 0 saturated heterocycles. The van der Waals surface area contributed by atoms with Crippen LogP contribution in [0.2, 0.25) is 0 Å². The lowest BCUT2D eigenvalue weighted by Crippen LogP contribution is -3.00. The molecule has 5 heteroatoms. The van der Waals surface area contributed by atoms with Crippen LogP contribution in [-0.2, 0) is 5.41 Å². The zero-order chi connectivity index (χ0) is 16.4. The third kappa shape index (κ3) is 1.81. The molecule has 2 bridgehead atoms. The molecular formula is C21H16ClNO2S. The Morgan fingerprint density at radius 2 is 1.65 bits per heavy atom. The summed E-state index contributed by atoms with van der Waals surface area (Å²) >= 11 is 1.85. The molecule has 0 amide bonds. The van der Waals surface area contributed by atoms with Crippen LogP contribution in [0.15, 0.2) is 81.9 Å². The number of hydrogen-bond donors (Lipinski definition) is 0. The molecule has 0 unspecified atom stereocenters. The maximum atomic E-state index is 5.52. The number of nitrogens with zero attached hydrogens (tertiary/aromatic N) is 1. The van der Waals surface area contributed by atoms with Gasteiger partial charge in [0.2, 0.25) is 5.01 Å². The van der Waals surface area contributed by atoms with Crippen LogP contribution in [0.25, 0.3) is 0 Å². The van der Waals surface area contributed by atoms with Gasteiger partial charge >= 0.3 is 0 Å². The average molecular weight is 382 g/mol. The zero-order valence-corrected chi connectivity index (χ0v) is 15.4. The van der Waals surface area contributed by atoms with Gasteiger partial charge in [-0.25, -0.2) is 0 Å². The van der Waals surface area contributed by atoms with Crippen molar-refractivity contribution in [3.8, 4) is 0 Å². The van der Waals surface area contributed by atoms with Gasteiger partial charge < -0.3 is 21.2 Å². The Kier molecular flexibility index (Phi) is 3.43. The Hall–Kier alpha value is -2.30. The van der Waals surface area contributed by atoms with E-state index in [1.165, 1.54) is 27.3 Å². The highest BCUT2D eigenvalue weighted by molar-refractivity contribution is 7.09. The van der Waals surface area contributed by atoms with Crippen LogP contribution in [-0.4, -0.2) is 0 Å². The van der Waals surface area contributed by atoms with Crippen molar-refractivity contribution in [2.24, 2.45) is 0 Å². The van der Waals surface area contributed by atoms with Crippen LogP contribution in [0.1, 0.15) is 45.6 Å². The molecule has 2 aliphatic heterocycles.